The molecular formula is C8H9ClN2. The molecular weight excluding hydrogens is 160 g/mol. The lowest BCUT2D eigenvalue weighted by Gasteiger charge is -1.90. The highest BCUT2D eigenvalue weighted by molar-refractivity contribution is 5.01. The average Bonchev–Trinajstić information content (AvgIpc) is 1.94. The van der Waals surface area contributed by atoms with Crippen molar-refractivity contribution in [3.63, 3.8) is 0 Å². The number of pyridine rings is 1. The Kier molecular flexibility index (Phi) is 4.24. The Morgan fingerprint density at radius 1 is 1.55 bits per heavy atom. The van der Waals surface area contributed by atoms with Crippen molar-refractivity contribution in [3.05, 3.63) is 30.1 Å². The molecule has 0 aliphatic carbocycles. The number of nitrogens with zero attached hydrogens (tertiary/aromatic N) is 2. The summed E-state index contributed by atoms with van der Waals surface area (Å²) in [6, 6.07) is 7.93. The van der Waals surface area contributed by atoms with Gasteiger partial charge >= 0.3 is 0 Å². The lowest BCUT2D eigenvalue weighted by molar-refractivity contribution is -0.678. The van der Waals surface area contributed by atoms with E-state index in [-0.39, 0.29) is 12.4 Å². The Bertz CT molecular complexity index is 265. The number of hydrogen-bond acceptors (Lipinski definition) is 1. The lowest BCUT2D eigenvalue weighted by atomic mass is 10.3. The molecule has 0 saturated carbocycles. The summed E-state index contributed by atoms with van der Waals surface area (Å²) < 4.78 is 1.95. The number of halogens is 1. The summed E-state index contributed by atoms with van der Waals surface area (Å²) in [5.41, 5.74) is 1.05. The van der Waals surface area contributed by atoms with E-state index in [0.29, 0.717) is 6.42 Å². The molecule has 1 heterocycles. The molecule has 0 N–H and O–H groups in total. The predicted octanol–water partition coefficient (Wildman–Crippen LogP) is -2.42. The van der Waals surface area contributed by atoms with E-state index in [9.17, 15) is 0 Å². The van der Waals surface area contributed by atoms with Gasteiger partial charge in [0.2, 0.25) is 0 Å². The summed E-state index contributed by atoms with van der Waals surface area (Å²) in [5, 5.41) is 8.38. The van der Waals surface area contributed by atoms with Gasteiger partial charge in [-0.25, -0.2) is 4.57 Å². The van der Waals surface area contributed by atoms with Gasteiger partial charge in [0, 0.05) is 12.1 Å². The Morgan fingerprint density at radius 2 is 2.27 bits per heavy atom. The molecule has 3 heteroatoms. The van der Waals surface area contributed by atoms with E-state index in [2.05, 4.69) is 6.07 Å². The third kappa shape index (κ3) is 2.57. The van der Waals surface area contributed by atoms with E-state index in [4.69, 9.17) is 5.26 Å². The first-order valence-corrected chi connectivity index (χ1v) is 3.15. The minimum atomic E-state index is 0. The third-order valence-corrected chi connectivity index (χ3v) is 1.42. The van der Waals surface area contributed by atoms with Crippen LogP contribution < -0.4 is 17.0 Å². The molecule has 11 heavy (non-hydrogen) atoms. The molecule has 0 aliphatic heterocycles. The van der Waals surface area contributed by atoms with Crippen molar-refractivity contribution in [3.8, 4) is 6.07 Å². The van der Waals surface area contributed by atoms with Gasteiger partial charge < -0.3 is 12.4 Å². The number of aromatic nitrogens is 1. The molecule has 0 fully saturated rings. The van der Waals surface area contributed by atoms with Crippen LogP contribution in [0.4, 0.5) is 0 Å². The average molecular weight is 169 g/mol. The fraction of sp³-hybridized carbons (Fsp3) is 0.250. The Morgan fingerprint density at radius 3 is 2.82 bits per heavy atom. The Hall–Kier alpha value is -1.07. The van der Waals surface area contributed by atoms with Crippen molar-refractivity contribution in [2.24, 2.45) is 7.05 Å². The van der Waals surface area contributed by atoms with Crippen LogP contribution in [-0.4, -0.2) is 0 Å². The second kappa shape index (κ2) is 4.70. The summed E-state index contributed by atoms with van der Waals surface area (Å²) in [6.45, 7) is 0. The van der Waals surface area contributed by atoms with E-state index in [0.717, 1.165) is 5.69 Å². The van der Waals surface area contributed by atoms with E-state index >= 15 is 0 Å². The summed E-state index contributed by atoms with van der Waals surface area (Å²) in [6.07, 6.45) is 2.42. The first-order chi connectivity index (χ1) is 4.84. The Labute approximate surface area is 72.5 Å². The summed E-state index contributed by atoms with van der Waals surface area (Å²) >= 11 is 0. The summed E-state index contributed by atoms with van der Waals surface area (Å²) in [4.78, 5) is 0. The highest BCUT2D eigenvalue weighted by atomic mass is 35.5. The first kappa shape index (κ1) is 9.93. The molecule has 0 aromatic carbocycles. The molecule has 0 bridgehead atoms. The van der Waals surface area contributed by atoms with Gasteiger partial charge in [0.25, 0.3) is 0 Å². The monoisotopic (exact) mass is 168 g/mol. The molecule has 1 aromatic heterocycles. The second-order valence-electron chi connectivity index (χ2n) is 2.14. The van der Waals surface area contributed by atoms with Crippen LogP contribution in [0.5, 0.6) is 0 Å². The normalized spacial score (nSPS) is 8.00. The summed E-state index contributed by atoms with van der Waals surface area (Å²) in [5.74, 6) is 0. The van der Waals surface area contributed by atoms with Gasteiger partial charge in [0.15, 0.2) is 11.9 Å². The van der Waals surface area contributed by atoms with Crippen molar-refractivity contribution < 1.29 is 17.0 Å². The maximum atomic E-state index is 8.38. The second-order valence-corrected chi connectivity index (χ2v) is 2.14. The van der Waals surface area contributed by atoms with E-state index in [1.54, 1.807) is 0 Å². The van der Waals surface area contributed by atoms with Crippen LogP contribution in [0.25, 0.3) is 0 Å². The molecule has 58 valence electrons. The molecule has 0 radical (unpaired) electrons. The zero-order chi connectivity index (χ0) is 7.40. The van der Waals surface area contributed by atoms with Crippen molar-refractivity contribution in [1.29, 1.82) is 5.26 Å². The van der Waals surface area contributed by atoms with Crippen LogP contribution in [0.3, 0.4) is 0 Å². The largest absolute Gasteiger partial charge is 1.00 e. The van der Waals surface area contributed by atoms with Crippen LogP contribution in [0.1, 0.15) is 5.69 Å². The zero-order valence-corrected chi connectivity index (χ0v) is 7.04. The number of aryl methyl sites for hydroxylation is 1. The lowest BCUT2D eigenvalue weighted by Crippen LogP contribution is -3.00. The molecule has 0 spiro atoms. The topological polar surface area (TPSA) is 27.7 Å². The van der Waals surface area contributed by atoms with E-state index in [1.165, 1.54) is 0 Å². The SMILES string of the molecule is C[n+]1ccccc1CC#N.[Cl-]. The molecule has 0 saturated heterocycles. The van der Waals surface area contributed by atoms with Gasteiger partial charge in [0.1, 0.15) is 13.5 Å². The van der Waals surface area contributed by atoms with Crippen molar-refractivity contribution in [1.82, 2.24) is 0 Å². The minimum Gasteiger partial charge on any atom is -1.00 e. The maximum Gasteiger partial charge on any atom is 0.195 e. The van der Waals surface area contributed by atoms with Gasteiger partial charge in [-0.1, -0.05) is 6.07 Å². The van der Waals surface area contributed by atoms with Crippen LogP contribution in [-0.2, 0) is 13.5 Å². The highest BCUT2D eigenvalue weighted by Crippen LogP contribution is 1.89. The van der Waals surface area contributed by atoms with Crippen LogP contribution in [0, 0.1) is 11.3 Å². The number of hydrogen-bond donors (Lipinski definition) is 0. The van der Waals surface area contributed by atoms with Crippen molar-refractivity contribution >= 4 is 0 Å². The Balaban J connectivity index is 0.000001000. The molecule has 1 aromatic rings. The molecule has 0 amide bonds. The van der Waals surface area contributed by atoms with Gasteiger partial charge in [-0.3, -0.25) is 0 Å². The number of rotatable bonds is 1. The standard InChI is InChI=1S/C8H9N2.ClH/c1-10-7-3-2-4-8(10)5-6-9;/h2-4,7H,5H2,1H3;1H/q+1;/p-1. The van der Waals surface area contributed by atoms with Gasteiger partial charge in [0.05, 0.1) is 6.07 Å². The van der Waals surface area contributed by atoms with Crippen LogP contribution >= 0.6 is 0 Å². The minimum absolute atomic E-state index is 0. The fourth-order valence-corrected chi connectivity index (χ4v) is 0.823. The summed E-state index contributed by atoms with van der Waals surface area (Å²) in [7, 11) is 1.94. The van der Waals surface area contributed by atoms with E-state index < -0.39 is 0 Å². The van der Waals surface area contributed by atoms with Gasteiger partial charge in [-0.15, -0.1) is 0 Å². The molecule has 0 unspecified atom stereocenters. The van der Waals surface area contributed by atoms with Crippen molar-refractivity contribution in [2.75, 3.05) is 0 Å². The maximum absolute atomic E-state index is 8.38. The zero-order valence-electron chi connectivity index (χ0n) is 6.29. The highest BCUT2D eigenvalue weighted by Gasteiger charge is 2.00. The first-order valence-electron chi connectivity index (χ1n) is 3.15. The third-order valence-electron chi connectivity index (χ3n) is 1.42. The smallest absolute Gasteiger partial charge is 0.195 e. The predicted molar refractivity (Wildman–Crippen MR) is 36.9 cm³/mol. The van der Waals surface area contributed by atoms with Gasteiger partial charge in [-0.05, 0) is 0 Å². The molecule has 0 aliphatic rings. The fourth-order valence-electron chi connectivity index (χ4n) is 0.823. The van der Waals surface area contributed by atoms with Crippen molar-refractivity contribution in [2.45, 2.75) is 6.42 Å². The quantitative estimate of drug-likeness (QED) is 0.429. The number of nitriles is 1. The van der Waals surface area contributed by atoms with Crippen LogP contribution in [0.2, 0.25) is 0 Å². The molecule has 0 atom stereocenters. The van der Waals surface area contributed by atoms with Crippen LogP contribution in [0.15, 0.2) is 24.4 Å². The van der Waals surface area contributed by atoms with E-state index in [1.807, 2.05) is 36.0 Å². The molecule has 1 rings (SSSR count). The molecule has 2 nitrogen and oxygen atoms in total. The van der Waals surface area contributed by atoms with Gasteiger partial charge in [-0.2, -0.15) is 5.26 Å².